The van der Waals surface area contributed by atoms with E-state index in [1.54, 1.807) is 0 Å². The average Bonchev–Trinajstić information content (AvgIpc) is 2.30. The molecule has 0 aromatic carbocycles. The number of ether oxygens (including phenoxy) is 1. The van der Waals surface area contributed by atoms with Gasteiger partial charge in [-0.1, -0.05) is 0 Å². The van der Waals surface area contributed by atoms with Crippen LogP contribution in [0.1, 0.15) is 0 Å². The molecule has 3 nitrogen and oxygen atoms in total. The van der Waals surface area contributed by atoms with Crippen LogP contribution in [-0.4, -0.2) is 17.6 Å². The molecule has 0 aliphatic carbocycles. The highest BCUT2D eigenvalue weighted by atomic mass is 32.2. The molecule has 1 heterocycles. The van der Waals surface area contributed by atoms with Crippen molar-refractivity contribution in [3.63, 3.8) is 0 Å². The van der Waals surface area contributed by atoms with E-state index in [9.17, 15) is 9.00 Å². The van der Waals surface area contributed by atoms with Crippen LogP contribution in [0.5, 0.6) is 0 Å². The summed E-state index contributed by atoms with van der Waals surface area (Å²) in [4.78, 5) is 10.4. The summed E-state index contributed by atoms with van der Waals surface area (Å²) in [6, 6.07) is 0. The SMILES string of the molecule is COC1=C(C=O)S(=O)C=C1. The summed E-state index contributed by atoms with van der Waals surface area (Å²) in [5, 5.41) is 1.42. The second kappa shape index (κ2) is 2.79. The molecule has 0 saturated carbocycles. The molecule has 0 saturated heterocycles. The normalized spacial score (nSPS) is 23.5. The maximum atomic E-state index is 10.8. The van der Waals surface area contributed by atoms with Crippen LogP contribution in [0.25, 0.3) is 0 Å². The molecule has 0 bridgehead atoms. The molecular weight excluding hydrogens is 152 g/mol. The van der Waals surface area contributed by atoms with Crippen molar-refractivity contribution in [1.29, 1.82) is 0 Å². The van der Waals surface area contributed by atoms with Crippen molar-refractivity contribution in [3.05, 3.63) is 22.1 Å². The third kappa shape index (κ3) is 1.02. The minimum absolute atomic E-state index is 0.211. The molecule has 1 atom stereocenters. The van der Waals surface area contributed by atoms with Gasteiger partial charge in [-0.3, -0.25) is 4.79 Å². The van der Waals surface area contributed by atoms with Gasteiger partial charge < -0.3 is 4.74 Å². The molecule has 54 valence electrons. The molecule has 0 aromatic rings. The van der Waals surface area contributed by atoms with E-state index in [1.165, 1.54) is 18.6 Å². The van der Waals surface area contributed by atoms with E-state index < -0.39 is 10.8 Å². The van der Waals surface area contributed by atoms with E-state index in [-0.39, 0.29) is 4.91 Å². The van der Waals surface area contributed by atoms with Crippen LogP contribution < -0.4 is 0 Å². The third-order valence-electron chi connectivity index (χ3n) is 1.13. The van der Waals surface area contributed by atoms with E-state index in [0.29, 0.717) is 12.0 Å². The third-order valence-corrected chi connectivity index (χ3v) is 2.24. The van der Waals surface area contributed by atoms with Gasteiger partial charge in [0.05, 0.1) is 17.9 Å². The van der Waals surface area contributed by atoms with Crippen LogP contribution in [0.3, 0.4) is 0 Å². The van der Waals surface area contributed by atoms with Crippen LogP contribution in [0.2, 0.25) is 0 Å². The lowest BCUT2D eigenvalue weighted by molar-refractivity contribution is -0.104. The van der Waals surface area contributed by atoms with Crippen molar-refractivity contribution in [2.24, 2.45) is 0 Å². The summed E-state index contributed by atoms with van der Waals surface area (Å²) in [6.07, 6.45) is 2.08. The number of carbonyl (C=O) groups is 1. The fourth-order valence-electron chi connectivity index (χ4n) is 0.652. The highest BCUT2D eigenvalue weighted by Gasteiger charge is 2.15. The van der Waals surface area contributed by atoms with Gasteiger partial charge in [0.1, 0.15) is 10.7 Å². The fraction of sp³-hybridized carbons (Fsp3) is 0.167. The zero-order valence-electron chi connectivity index (χ0n) is 5.37. The zero-order chi connectivity index (χ0) is 7.56. The second-order valence-electron chi connectivity index (χ2n) is 1.65. The maximum absolute atomic E-state index is 10.8. The van der Waals surface area contributed by atoms with Gasteiger partial charge in [0.2, 0.25) is 0 Å². The van der Waals surface area contributed by atoms with Gasteiger partial charge in [0, 0.05) is 5.41 Å². The lowest BCUT2D eigenvalue weighted by Crippen LogP contribution is -1.92. The average molecular weight is 158 g/mol. The minimum Gasteiger partial charge on any atom is -0.495 e. The van der Waals surface area contributed by atoms with Gasteiger partial charge in [-0.2, -0.15) is 0 Å². The van der Waals surface area contributed by atoms with Crippen molar-refractivity contribution in [2.75, 3.05) is 7.11 Å². The molecule has 0 spiro atoms. The molecular formula is C6H6O3S. The van der Waals surface area contributed by atoms with E-state index >= 15 is 0 Å². The number of aldehydes is 1. The van der Waals surface area contributed by atoms with E-state index in [4.69, 9.17) is 4.74 Å². The van der Waals surface area contributed by atoms with Gasteiger partial charge in [-0.15, -0.1) is 0 Å². The molecule has 0 amide bonds. The molecule has 10 heavy (non-hydrogen) atoms. The Kier molecular flexibility index (Phi) is 2.01. The Morgan fingerprint density at radius 3 is 2.80 bits per heavy atom. The molecule has 1 aliphatic heterocycles. The smallest absolute Gasteiger partial charge is 0.163 e. The van der Waals surface area contributed by atoms with Crippen LogP contribution in [0, 0.1) is 0 Å². The van der Waals surface area contributed by atoms with Crippen molar-refractivity contribution in [3.8, 4) is 0 Å². The Bertz CT molecular complexity index is 239. The number of hydrogen-bond acceptors (Lipinski definition) is 3. The van der Waals surface area contributed by atoms with Gasteiger partial charge in [0.25, 0.3) is 0 Å². The summed E-state index contributed by atoms with van der Waals surface area (Å²) in [6.45, 7) is 0. The number of carbonyl (C=O) groups excluding carboxylic acids is 1. The summed E-state index contributed by atoms with van der Waals surface area (Å²) in [7, 11) is 0.152. The first-order chi connectivity index (χ1) is 4.79. The lowest BCUT2D eigenvalue weighted by Gasteiger charge is -1.95. The van der Waals surface area contributed by atoms with Crippen LogP contribution in [0.15, 0.2) is 22.1 Å². The molecule has 0 N–H and O–H groups in total. The predicted octanol–water partition coefficient (Wildman–Crippen LogP) is 0.319. The first-order valence-electron chi connectivity index (χ1n) is 2.62. The highest BCUT2D eigenvalue weighted by Crippen LogP contribution is 2.17. The number of methoxy groups -OCH3 is 1. The molecule has 1 rings (SSSR count). The Labute approximate surface area is 60.8 Å². The lowest BCUT2D eigenvalue weighted by atomic mass is 10.4. The Morgan fingerprint density at radius 2 is 2.40 bits per heavy atom. The van der Waals surface area contributed by atoms with E-state index in [1.807, 2.05) is 0 Å². The predicted molar refractivity (Wildman–Crippen MR) is 37.4 cm³/mol. The Morgan fingerprint density at radius 1 is 1.70 bits per heavy atom. The van der Waals surface area contributed by atoms with E-state index in [0.717, 1.165) is 0 Å². The topological polar surface area (TPSA) is 43.4 Å². The van der Waals surface area contributed by atoms with Crippen molar-refractivity contribution >= 4 is 17.1 Å². The molecule has 1 aliphatic rings. The number of rotatable bonds is 2. The standard InChI is InChI=1S/C6H6O3S/c1-9-5-2-3-10(8)6(5)4-7/h2-4H,1H3. The van der Waals surface area contributed by atoms with Crippen molar-refractivity contribution < 1.29 is 13.7 Å². The number of allylic oxidation sites excluding steroid dienone is 2. The zero-order valence-corrected chi connectivity index (χ0v) is 6.18. The van der Waals surface area contributed by atoms with E-state index in [2.05, 4.69) is 0 Å². The Balaban J connectivity index is 3.01. The fourth-order valence-corrected chi connectivity index (χ4v) is 1.49. The number of hydrogen-bond donors (Lipinski definition) is 0. The monoisotopic (exact) mass is 158 g/mol. The molecule has 0 radical (unpaired) electrons. The van der Waals surface area contributed by atoms with Crippen LogP contribution >= 0.6 is 0 Å². The maximum Gasteiger partial charge on any atom is 0.163 e. The minimum atomic E-state index is -1.28. The first kappa shape index (κ1) is 7.21. The molecule has 4 heteroatoms. The van der Waals surface area contributed by atoms with Gasteiger partial charge in [-0.05, 0) is 6.08 Å². The summed E-state index contributed by atoms with van der Waals surface area (Å²) in [5.74, 6) is 0.397. The highest BCUT2D eigenvalue weighted by molar-refractivity contribution is 7.93. The quantitative estimate of drug-likeness (QED) is 0.543. The Hall–Kier alpha value is -0.900. The van der Waals surface area contributed by atoms with Gasteiger partial charge >= 0.3 is 0 Å². The second-order valence-corrected chi connectivity index (χ2v) is 2.96. The van der Waals surface area contributed by atoms with Crippen LogP contribution in [0.4, 0.5) is 0 Å². The van der Waals surface area contributed by atoms with Crippen molar-refractivity contribution in [1.82, 2.24) is 0 Å². The largest absolute Gasteiger partial charge is 0.495 e. The summed E-state index contributed by atoms with van der Waals surface area (Å²) < 4.78 is 15.6. The molecule has 0 aromatic heterocycles. The molecule has 1 unspecified atom stereocenters. The van der Waals surface area contributed by atoms with Crippen LogP contribution in [-0.2, 0) is 20.3 Å². The summed E-state index contributed by atoms with van der Waals surface area (Å²) in [5.41, 5.74) is 0. The molecule has 0 fully saturated rings. The van der Waals surface area contributed by atoms with Gasteiger partial charge in [0.15, 0.2) is 6.29 Å². The summed E-state index contributed by atoms with van der Waals surface area (Å²) >= 11 is 0. The van der Waals surface area contributed by atoms with Crippen molar-refractivity contribution in [2.45, 2.75) is 0 Å². The first-order valence-corrected chi connectivity index (χ1v) is 3.83. The van der Waals surface area contributed by atoms with Gasteiger partial charge in [-0.25, -0.2) is 4.21 Å².